The molecule has 0 N–H and O–H groups in total. The smallest absolute Gasteiger partial charge is 0.246 e. The highest BCUT2D eigenvalue weighted by molar-refractivity contribution is 7.12. The van der Waals surface area contributed by atoms with Crippen molar-refractivity contribution in [1.82, 2.24) is 4.90 Å². The number of rotatable bonds is 3. The van der Waals surface area contributed by atoms with Crippen molar-refractivity contribution in [1.29, 1.82) is 0 Å². The predicted octanol–water partition coefficient (Wildman–Crippen LogP) is 2.76. The lowest BCUT2D eigenvalue weighted by Crippen LogP contribution is -2.27. The molecule has 1 unspecified atom stereocenters. The van der Waals surface area contributed by atoms with Gasteiger partial charge in [0.2, 0.25) is 5.91 Å². The summed E-state index contributed by atoms with van der Waals surface area (Å²) >= 11 is 1.72. The monoisotopic (exact) mass is 209 g/mol. The molecule has 0 aliphatic rings. The molecule has 1 aromatic rings. The molecule has 0 aliphatic heterocycles. The van der Waals surface area contributed by atoms with Gasteiger partial charge in [0.15, 0.2) is 0 Å². The fourth-order valence-corrected chi connectivity index (χ4v) is 2.18. The number of carbonyl (C=O) groups excluding carboxylic acids is 1. The molecule has 0 saturated carbocycles. The first-order valence-electron chi connectivity index (χ1n) is 4.52. The van der Waals surface area contributed by atoms with Crippen LogP contribution in [0.4, 0.5) is 0 Å². The Bertz CT molecular complexity index is 343. The van der Waals surface area contributed by atoms with Crippen molar-refractivity contribution in [2.75, 3.05) is 7.05 Å². The lowest BCUT2D eigenvalue weighted by Gasteiger charge is -2.22. The van der Waals surface area contributed by atoms with E-state index in [1.54, 1.807) is 23.3 Å². The van der Waals surface area contributed by atoms with E-state index in [2.05, 4.69) is 25.6 Å². The van der Waals surface area contributed by atoms with E-state index in [0.29, 0.717) is 0 Å². The van der Waals surface area contributed by atoms with Gasteiger partial charge < -0.3 is 4.90 Å². The summed E-state index contributed by atoms with van der Waals surface area (Å²) in [5.74, 6) is -0.0384. The quantitative estimate of drug-likeness (QED) is 0.701. The Morgan fingerprint density at radius 1 is 1.64 bits per heavy atom. The van der Waals surface area contributed by atoms with E-state index in [-0.39, 0.29) is 11.9 Å². The van der Waals surface area contributed by atoms with E-state index >= 15 is 0 Å². The number of amides is 1. The molecule has 1 aromatic heterocycles. The first-order chi connectivity index (χ1) is 6.56. The molecule has 0 saturated heterocycles. The van der Waals surface area contributed by atoms with Crippen molar-refractivity contribution in [3.63, 3.8) is 0 Å². The third kappa shape index (κ3) is 2.23. The average molecular weight is 209 g/mol. The molecule has 14 heavy (non-hydrogen) atoms. The predicted molar refractivity (Wildman–Crippen MR) is 60.4 cm³/mol. The summed E-state index contributed by atoms with van der Waals surface area (Å²) in [7, 11) is 1.80. The van der Waals surface area contributed by atoms with E-state index < -0.39 is 0 Å². The lowest BCUT2D eigenvalue weighted by molar-refractivity contribution is -0.126. The fourth-order valence-electron chi connectivity index (χ4n) is 1.20. The maximum absolute atomic E-state index is 11.3. The highest BCUT2D eigenvalue weighted by Gasteiger charge is 2.15. The first-order valence-corrected chi connectivity index (χ1v) is 5.33. The summed E-state index contributed by atoms with van der Waals surface area (Å²) in [6.45, 7) is 7.56. The summed E-state index contributed by atoms with van der Waals surface area (Å²) < 4.78 is 0. The minimum atomic E-state index is -0.0384. The van der Waals surface area contributed by atoms with Crippen LogP contribution in [0.25, 0.3) is 0 Å². The van der Waals surface area contributed by atoms with Crippen molar-refractivity contribution in [3.05, 3.63) is 34.5 Å². The van der Waals surface area contributed by atoms with Crippen LogP contribution >= 0.6 is 11.3 Å². The van der Waals surface area contributed by atoms with Gasteiger partial charge in [-0.15, -0.1) is 11.3 Å². The SMILES string of the molecule is C=CC(=O)N(C)C(C)c1ccc(C)s1. The van der Waals surface area contributed by atoms with Gasteiger partial charge in [0.1, 0.15) is 0 Å². The van der Waals surface area contributed by atoms with E-state index in [9.17, 15) is 4.79 Å². The number of likely N-dealkylation sites (N-methyl/N-ethyl adjacent to an activating group) is 1. The molecule has 2 nitrogen and oxygen atoms in total. The van der Waals surface area contributed by atoms with Crippen LogP contribution in [-0.4, -0.2) is 17.9 Å². The molecule has 0 spiro atoms. The maximum Gasteiger partial charge on any atom is 0.246 e. The average Bonchev–Trinajstić information content (AvgIpc) is 2.61. The minimum absolute atomic E-state index is 0.0384. The van der Waals surface area contributed by atoms with Gasteiger partial charge in [-0.05, 0) is 32.1 Å². The van der Waals surface area contributed by atoms with Crippen LogP contribution in [0.3, 0.4) is 0 Å². The Balaban J connectivity index is 2.79. The van der Waals surface area contributed by atoms with Crippen molar-refractivity contribution in [2.24, 2.45) is 0 Å². The Kier molecular flexibility index (Phi) is 3.47. The van der Waals surface area contributed by atoms with Gasteiger partial charge in [0.05, 0.1) is 6.04 Å². The number of thiophene rings is 1. The molecule has 1 rings (SSSR count). The molecule has 1 atom stereocenters. The van der Waals surface area contributed by atoms with Gasteiger partial charge >= 0.3 is 0 Å². The third-order valence-electron chi connectivity index (χ3n) is 2.28. The van der Waals surface area contributed by atoms with E-state index in [1.165, 1.54) is 15.8 Å². The molecule has 1 heterocycles. The highest BCUT2D eigenvalue weighted by Crippen LogP contribution is 2.26. The molecule has 3 heteroatoms. The van der Waals surface area contributed by atoms with Crippen LogP contribution in [0.5, 0.6) is 0 Å². The Morgan fingerprint density at radius 2 is 2.29 bits per heavy atom. The van der Waals surface area contributed by atoms with Gasteiger partial charge in [-0.1, -0.05) is 6.58 Å². The van der Waals surface area contributed by atoms with Crippen LogP contribution < -0.4 is 0 Å². The summed E-state index contributed by atoms with van der Waals surface area (Å²) in [5, 5.41) is 0. The number of hydrogen-bond acceptors (Lipinski definition) is 2. The van der Waals surface area contributed by atoms with Crippen molar-refractivity contribution >= 4 is 17.2 Å². The first kappa shape index (κ1) is 11.0. The maximum atomic E-state index is 11.3. The molecular formula is C11H15NOS. The summed E-state index contributed by atoms with van der Waals surface area (Å²) in [4.78, 5) is 15.5. The highest BCUT2D eigenvalue weighted by atomic mass is 32.1. The molecule has 0 fully saturated rings. The minimum Gasteiger partial charge on any atom is -0.335 e. The van der Waals surface area contributed by atoms with Crippen molar-refractivity contribution < 1.29 is 4.79 Å². The van der Waals surface area contributed by atoms with Crippen LogP contribution in [0.1, 0.15) is 22.7 Å². The van der Waals surface area contributed by atoms with Gasteiger partial charge in [-0.25, -0.2) is 0 Å². The zero-order chi connectivity index (χ0) is 10.7. The number of hydrogen-bond donors (Lipinski definition) is 0. The lowest BCUT2D eigenvalue weighted by atomic mass is 10.2. The second-order valence-corrected chi connectivity index (χ2v) is 4.60. The van der Waals surface area contributed by atoms with E-state index in [4.69, 9.17) is 0 Å². The zero-order valence-corrected chi connectivity index (χ0v) is 9.60. The Morgan fingerprint density at radius 3 is 2.71 bits per heavy atom. The molecule has 76 valence electrons. The summed E-state index contributed by atoms with van der Waals surface area (Å²) in [6, 6.07) is 4.26. The molecular weight excluding hydrogens is 194 g/mol. The Labute approximate surface area is 88.9 Å². The molecule has 1 amide bonds. The zero-order valence-electron chi connectivity index (χ0n) is 8.78. The van der Waals surface area contributed by atoms with Crippen LogP contribution in [0.2, 0.25) is 0 Å². The molecule has 0 aliphatic carbocycles. The van der Waals surface area contributed by atoms with E-state index in [1.807, 2.05) is 6.92 Å². The van der Waals surface area contributed by atoms with Crippen LogP contribution in [0, 0.1) is 6.92 Å². The normalized spacial score (nSPS) is 12.2. The molecule has 0 radical (unpaired) electrons. The second-order valence-electron chi connectivity index (χ2n) is 3.28. The Hall–Kier alpha value is -1.09. The summed E-state index contributed by atoms with van der Waals surface area (Å²) in [6.07, 6.45) is 1.34. The number of nitrogens with zero attached hydrogens (tertiary/aromatic N) is 1. The molecule has 0 bridgehead atoms. The van der Waals surface area contributed by atoms with Crippen LogP contribution in [-0.2, 0) is 4.79 Å². The fraction of sp³-hybridized carbons (Fsp3) is 0.364. The van der Waals surface area contributed by atoms with Gasteiger partial charge in [0.25, 0.3) is 0 Å². The molecule has 0 aromatic carbocycles. The van der Waals surface area contributed by atoms with Crippen LogP contribution in [0.15, 0.2) is 24.8 Å². The van der Waals surface area contributed by atoms with E-state index in [0.717, 1.165) is 0 Å². The standard InChI is InChI=1S/C11H15NOS/c1-5-11(13)12(4)9(3)10-7-6-8(2)14-10/h5-7,9H,1H2,2-4H3. The summed E-state index contributed by atoms with van der Waals surface area (Å²) in [5.41, 5.74) is 0. The number of aryl methyl sites for hydroxylation is 1. The van der Waals surface area contributed by atoms with Gasteiger partial charge in [0, 0.05) is 16.8 Å². The van der Waals surface area contributed by atoms with Crippen molar-refractivity contribution in [2.45, 2.75) is 19.9 Å². The largest absolute Gasteiger partial charge is 0.335 e. The number of carbonyl (C=O) groups is 1. The van der Waals surface area contributed by atoms with Crippen molar-refractivity contribution in [3.8, 4) is 0 Å². The third-order valence-corrected chi connectivity index (χ3v) is 3.45. The van der Waals surface area contributed by atoms with Gasteiger partial charge in [-0.3, -0.25) is 4.79 Å². The van der Waals surface area contributed by atoms with Gasteiger partial charge in [-0.2, -0.15) is 0 Å². The second kappa shape index (κ2) is 4.42. The topological polar surface area (TPSA) is 20.3 Å².